The first kappa shape index (κ1) is 17.2. The highest BCUT2D eigenvalue weighted by Gasteiger charge is 2.25. The maximum Gasteiger partial charge on any atom is 0.275 e. The largest absolute Gasteiger partial charge is 0.348 e. The van der Waals surface area contributed by atoms with Crippen LogP contribution < -0.4 is 15.1 Å². The van der Waals surface area contributed by atoms with E-state index in [0.717, 1.165) is 32.7 Å². The zero-order valence-corrected chi connectivity index (χ0v) is 14.6. The van der Waals surface area contributed by atoms with Gasteiger partial charge in [0.15, 0.2) is 6.54 Å². The van der Waals surface area contributed by atoms with E-state index in [-0.39, 0.29) is 5.91 Å². The highest BCUT2D eigenvalue weighted by Crippen LogP contribution is 2.17. The maximum atomic E-state index is 12.1. The van der Waals surface area contributed by atoms with Crippen LogP contribution in [0.3, 0.4) is 0 Å². The molecule has 2 fully saturated rings. The number of rotatable bonds is 6. The van der Waals surface area contributed by atoms with Crippen LogP contribution in [0.1, 0.15) is 31.2 Å². The predicted molar refractivity (Wildman–Crippen MR) is 97.0 cm³/mol. The summed E-state index contributed by atoms with van der Waals surface area (Å²) in [6.45, 7) is 6.26. The van der Waals surface area contributed by atoms with Gasteiger partial charge in [-0.3, -0.25) is 4.79 Å². The summed E-state index contributed by atoms with van der Waals surface area (Å²) in [6, 6.07) is 10.9. The summed E-state index contributed by atoms with van der Waals surface area (Å²) in [7, 11) is 0. The molecule has 1 saturated carbocycles. The number of amides is 1. The van der Waals surface area contributed by atoms with Gasteiger partial charge >= 0.3 is 0 Å². The van der Waals surface area contributed by atoms with Gasteiger partial charge in [0.1, 0.15) is 26.2 Å². The number of benzene rings is 1. The third-order valence-electron chi connectivity index (χ3n) is 5.31. The van der Waals surface area contributed by atoms with Gasteiger partial charge in [-0.2, -0.15) is 0 Å². The summed E-state index contributed by atoms with van der Waals surface area (Å²) in [5.41, 5.74) is 1.27. The molecule has 0 spiro atoms. The SMILES string of the molecule is O=C(C[NH+]1CC[NH+](C/C=C/c2ccccc2)CC1)NC1CCCC1. The lowest BCUT2D eigenvalue weighted by Gasteiger charge is -2.29. The van der Waals surface area contributed by atoms with Crippen LogP contribution in [-0.4, -0.2) is 51.2 Å². The fraction of sp³-hybridized carbons (Fsp3) is 0.550. The quantitative estimate of drug-likeness (QED) is 0.649. The molecule has 1 aromatic rings. The van der Waals surface area contributed by atoms with Gasteiger partial charge in [0.25, 0.3) is 5.91 Å². The van der Waals surface area contributed by atoms with Crippen LogP contribution in [0.25, 0.3) is 6.08 Å². The summed E-state index contributed by atoms with van der Waals surface area (Å²) in [5, 5.41) is 3.21. The average Bonchev–Trinajstić information content (AvgIpc) is 3.10. The van der Waals surface area contributed by atoms with Gasteiger partial charge in [0.2, 0.25) is 0 Å². The normalized spacial score (nSPS) is 25.2. The first-order chi connectivity index (χ1) is 11.8. The molecule has 0 atom stereocenters. The Hall–Kier alpha value is -1.65. The number of piperazine rings is 1. The van der Waals surface area contributed by atoms with Gasteiger partial charge < -0.3 is 15.1 Å². The molecule has 4 heteroatoms. The first-order valence-electron chi connectivity index (χ1n) is 9.48. The van der Waals surface area contributed by atoms with Crippen LogP contribution in [0.2, 0.25) is 0 Å². The van der Waals surface area contributed by atoms with Crippen LogP contribution in [0.15, 0.2) is 36.4 Å². The number of carbonyl (C=O) groups excluding carboxylic acids is 1. The number of hydrogen-bond acceptors (Lipinski definition) is 1. The van der Waals surface area contributed by atoms with Crippen molar-refractivity contribution in [3.63, 3.8) is 0 Å². The van der Waals surface area contributed by atoms with Crippen LogP contribution in [0.4, 0.5) is 0 Å². The molecule has 24 heavy (non-hydrogen) atoms. The zero-order valence-electron chi connectivity index (χ0n) is 14.6. The Labute approximate surface area is 145 Å². The Bertz CT molecular complexity index is 529. The molecular weight excluding hydrogens is 298 g/mol. The summed E-state index contributed by atoms with van der Waals surface area (Å²) in [4.78, 5) is 15.2. The zero-order chi connectivity index (χ0) is 16.6. The molecule has 1 aliphatic heterocycles. The molecule has 0 unspecified atom stereocenters. The Morgan fingerprint density at radius 2 is 1.71 bits per heavy atom. The van der Waals surface area contributed by atoms with Gasteiger partial charge in [-0.15, -0.1) is 0 Å². The van der Waals surface area contributed by atoms with Crippen molar-refractivity contribution in [2.75, 3.05) is 39.3 Å². The van der Waals surface area contributed by atoms with Crippen molar-refractivity contribution < 1.29 is 14.6 Å². The molecule has 1 amide bonds. The molecule has 130 valence electrons. The van der Waals surface area contributed by atoms with Crippen LogP contribution >= 0.6 is 0 Å². The molecule has 3 rings (SSSR count). The van der Waals surface area contributed by atoms with Gasteiger partial charge in [0.05, 0.1) is 6.54 Å². The molecule has 0 radical (unpaired) electrons. The maximum absolute atomic E-state index is 12.1. The van der Waals surface area contributed by atoms with Gasteiger partial charge in [-0.25, -0.2) is 0 Å². The number of carbonyl (C=O) groups is 1. The molecule has 0 bridgehead atoms. The first-order valence-corrected chi connectivity index (χ1v) is 9.48. The number of quaternary nitrogens is 2. The Morgan fingerprint density at radius 3 is 2.42 bits per heavy atom. The van der Waals surface area contributed by atoms with Crippen LogP contribution in [-0.2, 0) is 4.79 Å². The molecule has 4 nitrogen and oxygen atoms in total. The van der Waals surface area contributed by atoms with Crippen molar-refractivity contribution >= 4 is 12.0 Å². The van der Waals surface area contributed by atoms with Crippen molar-refractivity contribution in [3.8, 4) is 0 Å². The highest BCUT2D eigenvalue weighted by molar-refractivity contribution is 5.77. The molecule has 2 aliphatic rings. The molecule has 1 aromatic carbocycles. The second kappa shape index (κ2) is 9.00. The van der Waals surface area contributed by atoms with Crippen molar-refractivity contribution in [3.05, 3.63) is 42.0 Å². The van der Waals surface area contributed by atoms with E-state index in [1.54, 1.807) is 4.90 Å². The van der Waals surface area contributed by atoms with Crippen LogP contribution in [0.5, 0.6) is 0 Å². The Morgan fingerprint density at radius 1 is 1.04 bits per heavy atom. The lowest BCUT2D eigenvalue weighted by Crippen LogP contribution is -3.28. The summed E-state index contributed by atoms with van der Waals surface area (Å²) < 4.78 is 0. The monoisotopic (exact) mass is 329 g/mol. The van der Waals surface area contributed by atoms with E-state index >= 15 is 0 Å². The Balaban J connectivity index is 1.33. The average molecular weight is 329 g/mol. The lowest BCUT2D eigenvalue weighted by molar-refractivity contribution is -1.01. The standard InChI is InChI=1S/C20H29N3O/c24-20(21-19-10-4-5-11-19)17-23-15-13-22(14-16-23)12-6-9-18-7-2-1-3-8-18/h1-3,6-9,19H,4-5,10-17H2,(H,21,24)/p+2/b9-6+. The van der Waals surface area contributed by atoms with E-state index in [4.69, 9.17) is 0 Å². The number of hydrogen-bond donors (Lipinski definition) is 3. The minimum Gasteiger partial charge on any atom is -0.348 e. The third-order valence-corrected chi connectivity index (χ3v) is 5.31. The minimum atomic E-state index is 0.254. The van der Waals surface area contributed by atoms with Gasteiger partial charge in [-0.05, 0) is 24.5 Å². The molecule has 0 aromatic heterocycles. The smallest absolute Gasteiger partial charge is 0.275 e. The summed E-state index contributed by atoms with van der Waals surface area (Å²) in [5.74, 6) is 0.254. The van der Waals surface area contributed by atoms with Crippen LogP contribution in [0, 0.1) is 0 Å². The third kappa shape index (κ3) is 5.46. The Kier molecular flexibility index (Phi) is 6.44. The van der Waals surface area contributed by atoms with E-state index in [1.165, 1.54) is 36.1 Å². The van der Waals surface area contributed by atoms with Gasteiger partial charge in [-0.1, -0.05) is 49.2 Å². The van der Waals surface area contributed by atoms with Crippen molar-refractivity contribution in [2.24, 2.45) is 0 Å². The minimum absolute atomic E-state index is 0.254. The topological polar surface area (TPSA) is 38.0 Å². The second-order valence-corrected chi connectivity index (χ2v) is 7.24. The molecule has 1 aliphatic carbocycles. The lowest BCUT2D eigenvalue weighted by atomic mass is 10.2. The van der Waals surface area contributed by atoms with E-state index in [9.17, 15) is 4.79 Å². The molecule has 1 saturated heterocycles. The number of nitrogens with one attached hydrogen (secondary N) is 3. The molecule has 3 N–H and O–H groups in total. The fourth-order valence-electron chi connectivity index (χ4n) is 3.84. The summed E-state index contributed by atoms with van der Waals surface area (Å²) >= 11 is 0. The summed E-state index contributed by atoms with van der Waals surface area (Å²) in [6.07, 6.45) is 9.38. The van der Waals surface area contributed by atoms with Crippen molar-refractivity contribution in [1.82, 2.24) is 5.32 Å². The van der Waals surface area contributed by atoms with E-state index < -0.39 is 0 Å². The van der Waals surface area contributed by atoms with Crippen molar-refractivity contribution in [2.45, 2.75) is 31.7 Å². The van der Waals surface area contributed by atoms with E-state index in [1.807, 2.05) is 6.07 Å². The van der Waals surface area contributed by atoms with E-state index in [0.29, 0.717) is 12.6 Å². The second-order valence-electron chi connectivity index (χ2n) is 7.24. The highest BCUT2D eigenvalue weighted by atomic mass is 16.2. The van der Waals surface area contributed by atoms with Gasteiger partial charge in [0, 0.05) is 6.04 Å². The molecule has 1 heterocycles. The fourth-order valence-corrected chi connectivity index (χ4v) is 3.84. The van der Waals surface area contributed by atoms with E-state index in [2.05, 4.69) is 41.7 Å². The van der Waals surface area contributed by atoms with Crippen molar-refractivity contribution in [1.29, 1.82) is 0 Å². The molecular formula is C20H31N3O+2. The predicted octanol–water partition coefficient (Wildman–Crippen LogP) is -0.458.